The molecule has 0 spiro atoms. The van der Waals surface area contributed by atoms with Crippen LogP contribution in [0.2, 0.25) is 0 Å². The number of anilines is 1. The first-order valence-corrected chi connectivity index (χ1v) is 5.76. The molecule has 0 aliphatic rings. The van der Waals surface area contributed by atoms with Gasteiger partial charge in [0.1, 0.15) is 0 Å². The van der Waals surface area contributed by atoms with Crippen molar-refractivity contribution in [3.8, 4) is 0 Å². The smallest absolute Gasteiger partial charge is 0.0404 e. The number of halogens is 1. The average Bonchev–Trinajstić information content (AvgIpc) is 2.18. The molecule has 1 aromatic carbocycles. The third-order valence-corrected chi connectivity index (χ3v) is 2.71. The van der Waals surface area contributed by atoms with Gasteiger partial charge in [0, 0.05) is 24.6 Å². The van der Waals surface area contributed by atoms with Crippen LogP contribution >= 0.6 is 15.9 Å². The number of hydrogen-bond acceptors (Lipinski definition) is 1. The highest BCUT2D eigenvalue weighted by molar-refractivity contribution is 9.08. The minimum absolute atomic E-state index is 0.928. The van der Waals surface area contributed by atoms with Crippen molar-refractivity contribution in [3.63, 3.8) is 0 Å². The number of para-hydroxylation sites is 1. The zero-order valence-corrected chi connectivity index (χ0v) is 9.84. The van der Waals surface area contributed by atoms with Crippen LogP contribution in [0.5, 0.6) is 0 Å². The number of benzene rings is 1. The van der Waals surface area contributed by atoms with Gasteiger partial charge in [0.05, 0.1) is 0 Å². The lowest BCUT2D eigenvalue weighted by Gasteiger charge is -2.20. The summed E-state index contributed by atoms with van der Waals surface area (Å²) >= 11 is 3.50. The van der Waals surface area contributed by atoms with E-state index in [0.29, 0.717) is 0 Å². The second-order valence-electron chi connectivity index (χ2n) is 3.18. The fourth-order valence-electron chi connectivity index (χ4n) is 1.45. The summed E-state index contributed by atoms with van der Waals surface area (Å²) in [5.41, 5.74) is 2.69. The van der Waals surface area contributed by atoms with Crippen molar-refractivity contribution in [1.82, 2.24) is 0 Å². The quantitative estimate of drug-likeness (QED) is 0.731. The topological polar surface area (TPSA) is 3.24 Å². The molecule has 0 heterocycles. The summed E-state index contributed by atoms with van der Waals surface area (Å²) in [7, 11) is 2.14. The molecule has 1 nitrogen and oxygen atoms in total. The molecular formula is C11H16BrN. The summed E-state index contributed by atoms with van der Waals surface area (Å²) in [6.45, 7) is 3.32. The van der Waals surface area contributed by atoms with E-state index in [9.17, 15) is 0 Å². The van der Waals surface area contributed by atoms with Crippen molar-refractivity contribution < 1.29 is 0 Å². The van der Waals surface area contributed by atoms with Crippen LogP contribution in [0.4, 0.5) is 5.69 Å². The lowest BCUT2D eigenvalue weighted by Crippen LogP contribution is -2.18. The van der Waals surface area contributed by atoms with Gasteiger partial charge in [-0.1, -0.05) is 41.1 Å². The van der Waals surface area contributed by atoms with Crippen LogP contribution in [-0.2, 0) is 5.33 Å². The van der Waals surface area contributed by atoms with Gasteiger partial charge in [-0.15, -0.1) is 0 Å². The van der Waals surface area contributed by atoms with Gasteiger partial charge in [0.25, 0.3) is 0 Å². The Morgan fingerprint density at radius 1 is 1.31 bits per heavy atom. The van der Waals surface area contributed by atoms with Gasteiger partial charge in [-0.2, -0.15) is 0 Å². The van der Waals surface area contributed by atoms with E-state index in [4.69, 9.17) is 0 Å². The van der Waals surface area contributed by atoms with Crippen molar-refractivity contribution in [3.05, 3.63) is 29.8 Å². The van der Waals surface area contributed by atoms with Gasteiger partial charge in [-0.3, -0.25) is 0 Å². The molecule has 0 aliphatic heterocycles. The van der Waals surface area contributed by atoms with Gasteiger partial charge in [-0.25, -0.2) is 0 Å². The summed E-state index contributed by atoms with van der Waals surface area (Å²) in [4.78, 5) is 2.30. The van der Waals surface area contributed by atoms with E-state index >= 15 is 0 Å². The third kappa shape index (κ3) is 2.73. The van der Waals surface area contributed by atoms with Crippen LogP contribution in [0.25, 0.3) is 0 Å². The van der Waals surface area contributed by atoms with E-state index in [1.54, 1.807) is 0 Å². The fraction of sp³-hybridized carbons (Fsp3) is 0.455. The molecule has 0 fully saturated rings. The monoisotopic (exact) mass is 241 g/mol. The highest BCUT2D eigenvalue weighted by atomic mass is 79.9. The Hall–Kier alpha value is -0.500. The molecule has 13 heavy (non-hydrogen) atoms. The maximum absolute atomic E-state index is 3.50. The first kappa shape index (κ1) is 10.6. The van der Waals surface area contributed by atoms with E-state index in [0.717, 1.165) is 11.9 Å². The lowest BCUT2D eigenvalue weighted by atomic mass is 10.2. The minimum Gasteiger partial charge on any atom is -0.374 e. The Morgan fingerprint density at radius 3 is 2.62 bits per heavy atom. The molecule has 72 valence electrons. The second-order valence-corrected chi connectivity index (χ2v) is 3.74. The highest BCUT2D eigenvalue weighted by Crippen LogP contribution is 2.21. The zero-order chi connectivity index (χ0) is 9.68. The first-order valence-electron chi connectivity index (χ1n) is 4.64. The van der Waals surface area contributed by atoms with Gasteiger partial charge in [0.2, 0.25) is 0 Å². The molecular weight excluding hydrogens is 226 g/mol. The summed E-state index contributed by atoms with van der Waals surface area (Å²) in [5.74, 6) is 0. The standard InChI is InChI=1S/C11H16BrN/c1-3-8-13(2)11-7-5-4-6-10(11)9-12/h4-7H,3,8-9H2,1-2H3. The molecule has 0 amide bonds. The van der Waals surface area contributed by atoms with Crippen LogP contribution in [0, 0.1) is 0 Å². The molecule has 0 N–H and O–H groups in total. The first-order chi connectivity index (χ1) is 6.29. The number of rotatable bonds is 4. The molecule has 0 aromatic heterocycles. The zero-order valence-electron chi connectivity index (χ0n) is 8.26. The third-order valence-electron chi connectivity index (χ3n) is 2.11. The molecule has 0 bridgehead atoms. The van der Waals surface area contributed by atoms with Crippen molar-refractivity contribution in [2.75, 3.05) is 18.5 Å². The van der Waals surface area contributed by atoms with Crippen LogP contribution in [0.1, 0.15) is 18.9 Å². The normalized spacial score (nSPS) is 10.1. The molecule has 1 rings (SSSR count). The van der Waals surface area contributed by atoms with Crippen LogP contribution < -0.4 is 4.90 Å². The van der Waals surface area contributed by atoms with Gasteiger partial charge in [0.15, 0.2) is 0 Å². The Labute approximate surface area is 88.9 Å². The second kappa shape index (κ2) is 5.28. The number of nitrogens with zero attached hydrogens (tertiary/aromatic N) is 1. The molecule has 0 atom stereocenters. The predicted octanol–water partition coefficient (Wildman–Crippen LogP) is 3.43. The predicted molar refractivity (Wildman–Crippen MR) is 62.6 cm³/mol. The van der Waals surface area contributed by atoms with Gasteiger partial charge >= 0.3 is 0 Å². The average molecular weight is 242 g/mol. The van der Waals surface area contributed by atoms with E-state index in [1.807, 2.05) is 0 Å². The summed E-state index contributed by atoms with van der Waals surface area (Å²) < 4.78 is 0. The molecule has 0 saturated heterocycles. The summed E-state index contributed by atoms with van der Waals surface area (Å²) in [6.07, 6.45) is 1.19. The Balaban J connectivity index is 2.85. The van der Waals surface area contributed by atoms with Crippen LogP contribution in [-0.4, -0.2) is 13.6 Å². The fourth-order valence-corrected chi connectivity index (χ4v) is 1.93. The SMILES string of the molecule is CCCN(C)c1ccccc1CBr. The maximum Gasteiger partial charge on any atom is 0.0404 e. The summed E-state index contributed by atoms with van der Waals surface area (Å²) in [6, 6.07) is 8.51. The Bertz CT molecular complexity index is 260. The van der Waals surface area contributed by atoms with Crippen molar-refractivity contribution in [1.29, 1.82) is 0 Å². The maximum atomic E-state index is 3.50. The van der Waals surface area contributed by atoms with Crippen molar-refractivity contribution >= 4 is 21.6 Å². The molecule has 0 saturated carbocycles. The molecule has 1 aromatic rings. The van der Waals surface area contributed by atoms with Crippen molar-refractivity contribution in [2.24, 2.45) is 0 Å². The van der Waals surface area contributed by atoms with E-state index in [2.05, 4.69) is 59.1 Å². The molecule has 0 unspecified atom stereocenters. The lowest BCUT2D eigenvalue weighted by molar-refractivity contribution is 0.849. The number of hydrogen-bond donors (Lipinski definition) is 0. The van der Waals surface area contributed by atoms with E-state index in [-0.39, 0.29) is 0 Å². The van der Waals surface area contributed by atoms with Gasteiger partial charge < -0.3 is 4.90 Å². The molecule has 2 heteroatoms. The van der Waals surface area contributed by atoms with E-state index < -0.39 is 0 Å². The Morgan fingerprint density at radius 2 is 2.00 bits per heavy atom. The number of alkyl halides is 1. The summed E-state index contributed by atoms with van der Waals surface area (Å²) in [5, 5.41) is 0.928. The van der Waals surface area contributed by atoms with Crippen LogP contribution in [0.15, 0.2) is 24.3 Å². The Kier molecular flexibility index (Phi) is 4.29. The highest BCUT2D eigenvalue weighted by Gasteiger charge is 2.03. The molecule has 0 aliphatic carbocycles. The minimum atomic E-state index is 0.928. The molecule has 0 radical (unpaired) electrons. The largest absolute Gasteiger partial charge is 0.374 e. The van der Waals surface area contributed by atoms with E-state index in [1.165, 1.54) is 17.7 Å². The van der Waals surface area contributed by atoms with Gasteiger partial charge in [-0.05, 0) is 18.1 Å². The van der Waals surface area contributed by atoms with Crippen molar-refractivity contribution in [2.45, 2.75) is 18.7 Å². The van der Waals surface area contributed by atoms with Crippen LogP contribution in [0.3, 0.4) is 0 Å².